The molecule has 0 fully saturated rings. The molecule has 1 aromatic carbocycles. The molecule has 0 saturated heterocycles. The van der Waals surface area contributed by atoms with Gasteiger partial charge in [-0.2, -0.15) is 11.8 Å². The van der Waals surface area contributed by atoms with Crippen LogP contribution in [0.25, 0.3) is 0 Å². The van der Waals surface area contributed by atoms with Gasteiger partial charge in [-0.1, -0.05) is 44.2 Å². The van der Waals surface area contributed by atoms with Crippen molar-refractivity contribution in [3.05, 3.63) is 35.9 Å². The van der Waals surface area contributed by atoms with Crippen LogP contribution in [0.4, 0.5) is 0 Å². The van der Waals surface area contributed by atoms with E-state index in [1.54, 1.807) is 16.7 Å². The summed E-state index contributed by atoms with van der Waals surface area (Å²) >= 11 is 1.59. The summed E-state index contributed by atoms with van der Waals surface area (Å²) in [5.74, 6) is -0.833. The maximum absolute atomic E-state index is 13.7. The summed E-state index contributed by atoms with van der Waals surface area (Å²) in [6, 6.07) is 8.77. The monoisotopic (exact) mass is 465 g/mol. The van der Waals surface area contributed by atoms with E-state index in [0.717, 1.165) is 5.56 Å². The minimum Gasteiger partial charge on any atom is -0.368 e. The van der Waals surface area contributed by atoms with E-state index >= 15 is 0 Å². The maximum Gasteiger partial charge on any atom is 0.244 e. The molecule has 0 aromatic heterocycles. The van der Waals surface area contributed by atoms with Crippen molar-refractivity contribution in [1.82, 2.24) is 10.4 Å². The second-order valence-electron chi connectivity index (χ2n) is 9.42. The van der Waals surface area contributed by atoms with Crippen LogP contribution in [0.2, 0.25) is 0 Å². The Bertz CT molecular complexity index is 735. The first-order chi connectivity index (χ1) is 14.9. The molecule has 0 aliphatic carbocycles. The molecule has 3 amide bonds. The van der Waals surface area contributed by atoms with Crippen LogP contribution >= 0.6 is 11.8 Å². The van der Waals surface area contributed by atoms with Gasteiger partial charge in [-0.15, -0.1) is 0 Å². The fraction of sp³-hybridized carbons (Fsp3) is 0.625. The number of hydrogen-bond donors (Lipinski definition) is 2. The topological polar surface area (TPSA) is 102 Å². The normalized spacial score (nSPS) is 13.5. The number of hydrogen-bond acceptors (Lipinski definition) is 5. The zero-order chi connectivity index (χ0) is 24.3. The first-order valence-corrected chi connectivity index (χ1v) is 12.4. The van der Waals surface area contributed by atoms with Gasteiger partial charge in [0.05, 0.1) is 5.60 Å². The van der Waals surface area contributed by atoms with Gasteiger partial charge in [0.2, 0.25) is 17.7 Å². The highest BCUT2D eigenvalue weighted by molar-refractivity contribution is 7.98. The molecule has 3 N–H and O–H groups in total. The molecule has 1 unspecified atom stereocenters. The number of hydroxylamine groups is 1. The molecule has 0 spiro atoms. The van der Waals surface area contributed by atoms with Crippen molar-refractivity contribution in [1.29, 1.82) is 0 Å². The molecular weight excluding hydrogens is 426 g/mol. The van der Waals surface area contributed by atoms with Crippen molar-refractivity contribution in [2.75, 3.05) is 12.0 Å². The number of amides is 3. The van der Waals surface area contributed by atoms with Crippen molar-refractivity contribution in [2.24, 2.45) is 17.6 Å². The molecule has 180 valence electrons. The van der Waals surface area contributed by atoms with Crippen LogP contribution in [-0.2, 0) is 25.8 Å². The molecule has 2 atom stereocenters. The number of benzene rings is 1. The highest BCUT2D eigenvalue weighted by atomic mass is 32.2. The van der Waals surface area contributed by atoms with Gasteiger partial charge < -0.3 is 10.6 Å². The van der Waals surface area contributed by atoms with Gasteiger partial charge >= 0.3 is 0 Å². The molecule has 0 radical (unpaired) electrons. The SMILES string of the molecule is CSCC[C@@H](C(N)=O)N(Cc1ccccc1)C(=O)C(CC(=O)NOC(C)(C)C)CC(C)C. The zero-order valence-electron chi connectivity index (χ0n) is 20.2. The third-order valence-electron chi connectivity index (χ3n) is 4.79. The van der Waals surface area contributed by atoms with Crippen molar-refractivity contribution in [3.63, 3.8) is 0 Å². The Balaban J connectivity index is 3.17. The molecule has 7 nitrogen and oxygen atoms in total. The number of carbonyl (C=O) groups excluding carboxylic acids is 3. The van der Waals surface area contributed by atoms with Crippen LogP contribution in [0.3, 0.4) is 0 Å². The first kappa shape index (κ1) is 28.0. The number of nitrogens with zero attached hydrogens (tertiary/aromatic N) is 1. The van der Waals surface area contributed by atoms with Crippen LogP contribution in [0.5, 0.6) is 0 Å². The van der Waals surface area contributed by atoms with E-state index in [4.69, 9.17) is 10.6 Å². The average molecular weight is 466 g/mol. The number of primary amides is 1. The summed E-state index contributed by atoms with van der Waals surface area (Å²) in [6.07, 6.45) is 2.90. The molecule has 1 rings (SSSR count). The van der Waals surface area contributed by atoms with Gasteiger partial charge in [-0.05, 0) is 57.1 Å². The van der Waals surface area contributed by atoms with Gasteiger partial charge in [0.25, 0.3) is 0 Å². The fourth-order valence-corrected chi connectivity index (χ4v) is 3.81. The number of thioether (sulfide) groups is 1. The van der Waals surface area contributed by atoms with Gasteiger partial charge in [0.15, 0.2) is 0 Å². The van der Waals surface area contributed by atoms with Gasteiger partial charge in [0, 0.05) is 18.9 Å². The average Bonchev–Trinajstić information content (AvgIpc) is 2.70. The van der Waals surface area contributed by atoms with E-state index < -0.39 is 23.5 Å². The highest BCUT2D eigenvalue weighted by Gasteiger charge is 2.34. The van der Waals surface area contributed by atoms with Gasteiger partial charge in [-0.25, -0.2) is 5.48 Å². The molecule has 0 bridgehead atoms. The van der Waals surface area contributed by atoms with Crippen LogP contribution in [0.1, 0.15) is 59.4 Å². The highest BCUT2D eigenvalue weighted by Crippen LogP contribution is 2.23. The van der Waals surface area contributed by atoms with Crippen LogP contribution < -0.4 is 11.2 Å². The second-order valence-corrected chi connectivity index (χ2v) is 10.4. The molecule has 1 aromatic rings. The molecule has 0 aliphatic rings. The van der Waals surface area contributed by atoms with E-state index in [-0.39, 0.29) is 30.7 Å². The minimum absolute atomic E-state index is 0.0214. The smallest absolute Gasteiger partial charge is 0.244 e. The fourth-order valence-electron chi connectivity index (χ4n) is 3.35. The third kappa shape index (κ3) is 10.5. The number of rotatable bonds is 13. The summed E-state index contributed by atoms with van der Waals surface area (Å²) in [6.45, 7) is 9.75. The lowest BCUT2D eigenvalue weighted by Gasteiger charge is -2.33. The molecule has 0 saturated carbocycles. The predicted molar refractivity (Wildman–Crippen MR) is 130 cm³/mol. The minimum atomic E-state index is -0.737. The zero-order valence-corrected chi connectivity index (χ0v) is 21.0. The standard InChI is InChI=1S/C24H39N3O4S/c1-17(2)14-19(15-21(28)26-31-24(3,4)5)23(30)27(16-18-10-8-7-9-11-18)20(22(25)29)12-13-32-6/h7-11,17,19-20H,12-16H2,1-6H3,(H2,25,29)(H,26,28)/t19?,20-/m0/s1. The third-order valence-corrected chi connectivity index (χ3v) is 5.43. The predicted octanol–water partition coefficient (Wildman–Crippen LogP) is 3.52. The van der Waals surface area contributed by atoms with Crippen LogP contribution in [-0.4, -0.2) is 46.3 Å². The Morgan fingerprint density at radius 3 is 2.28 bits per heavy atom. The lowest BCUT2D eigenvalue weighted by molar-refractivity contribution is -0.151. The Labute approximate surface area is 196 Å². The molecule has 0 heterocycles. The molecule has 8 heteroatoms. The van der Waals surface area contributed by atoms with Crippen molar-refractivity contribution >= 4 is 29.5 Å². The Morgan fingerprint density at radius 1 is 1.16 bits per heavy atom. The van der Waals surface area contributed by atoms with Gasteiger partial charge in [0.1, 0.15) is 6.04 Å². The number of nitrogens with two attached hydrogens (primary N) is 1. The molecular formula is C24H39N3O4S. The van der Waals surface area contributed by atoms with E-state index in [9.17, 15) is 14.4 Å². The lowest BCUT2D eigenvalue weighted by atomic mass is 9.91. The summed E-state index contributed by atoms with van der Waals surface area (Å²) in [5.41, 5.74) is 8.54. The lowest BCUT2D eigenvalue weighted by Crippen LogP contribution is -2.50. The van der Waals surface area contributed by atoms with Crippen molar-refractivity contribution in [3.8, 4) is 0 Å². The first-order valence-electron chi connectivity index (χ1n) is 11.0. The quantitative estimate of drug-likeness (QED) is 0.434. The largest absolute Gasteiger partial charge is 0.368 e. The van der Waals surface area contributed by atoms with E-state index in [0.29, 0.717) is 18.6 Å². The Hall–Kier alpha value is -2.06. The Morgan fingerprint density at radius 2 is 1.78 bits per heavy atom. The summed E-state index contributed by atoms with van der Waals surface area (Å²) < 4.78 is 0. The maximum atomic E-state index is 13.7. The Kier molecular flexibility index (Phi) is 11.8. The molecule has 0 aliphatic heterocycles. The second kappa shape index (κ2) is 13.5. The van der Waals surface area contributed by atoms with Crippen molar-refractivity contribution < 1.29 is 19.2 Å². The van der Waals surface area contributed by atoms with Crippen molar-refractivity contribution in [2.45, 2.75) is 72.1 Å². The number of carbonyl (C=O) groups is 3. The summed E-state index contributed by atoms with van der Waals surface area (Å²) in [7, 11) is 0. The van der Waals surface area contributed by atoms with Crippen LogP contribution in [0.15, 0.2) is 30.3 Å². The van der Waals surface area contributed by atoms with Gasteiger partial charge in [-0.3, -0.25) is 19.2 Å². The number of nitrogens with one attached hydrogen (secondary N) is 1. The van der Waals surface area contributed by atoms with Crippen LogP contribution in [0, 0.1) is 11.8 Å². The summed E-state index contributed by atoms with van der Waals surface area (Å²) in [4.78, 5) is 45.5. The van der Waals surface area contributed by atoms with E-state index in [1.807, 2.05) is 71.2 Å². The van der Waals surface area contributed by atoms with E-state index in [1.165, 1.54) is 0 Å². The summed E-state index contributed by atoms with van der Waals surface area (Å²) in [5, 5.41) is 0. The van der Waals surface area contributed by atoms with E-state index in [2.05, 4.69) is 5.48 Å². The molecule has 32 heavy (non-hydrogen) atoms.